The van der Waals surface area contributed by atoms with Gasteiger partial charge in [0.1, 0.15) is 17.3 Å². The summed E-state index contributed by atoms with van der Waals surface area (Å²) in [6.07, 6.45) is -3.19. The Bertz CT molecular complexity index is 1680. The first-order chi connectivity index (χ1) is 20.1. The number of alkyl halides is 3. The standard InChI is InChI=1S/C32H28F3N3O4/c33-32(34,35)22-10-5-12-24(18-22)42-23-11-4-7-20(17-23)27(39)29(41)38-16-6-13-26-25(19-38)28(40)37-30(36-26)31(14-15-31)21-8-2-1-3-9-21/h1-5,7-12,17-18,27,39H,6,13-16,19H2,(H,36,37,40). The second kappa shape index (κ2) is 10.8. The number of aromatic amines is 1. The molecule has 1 amide bonds. The summed E-state index contributed by atoms with van der Waals surface area (Å²) in [7, 11) is 0. The van der Waals surface area contributed by atoms with Crippen molar-refractivity contribution in [3.63, 3.8) is 0 Å². The van der Waals surface area contributed by atoms with Crippen molar-refractivity contribution >= 4 is 5.91 Å². The maximum Gasteiger partial charge on any atom is 0.416 e. The van der Waals surface area contributed by atoms with E-state index in [0.29, 0.717) is 36.5 Å². The predicted octanol–water partition coefficient (Wildman–Crippen LogP) is 5.67. The van der Waals surface area contributed by atoms with Crippen LogP contribution in [0.1, 0.15) is 59.1 Å². The number of nitrogens with zero attached hydrogens (tertiary/aromatic N) is 2. The molecule has 3 aromatic carbocycles. The SMILES string of the molecule is O=C(C(O)c1cccc(Oc2cccc(C(F)(F)F)c2)c1)N1CCCc2nc(C3(c4ccccc4)CC3)[nH]c(=O)c2C1. The Hall–Kier alpha value is -4.44. The average molecular weight is 576 g/mol. The van der Waals surface area contributed by atoms with E-state index in [0.717, 1.165) is 30.5 Å². The van der Waals surface area contributed by atoms with Gasteiger partial charge in [-0.15, -0.1) is 0 Å². The number of amides is 1. The van der Waals surface area contributed by atoms with Gasteiger partial charge in [-0.25, -0.2) is 4.98 Å². The zero-order valence-electron chi connectivity index (χ0n) is 22.5. The molecular weight excluding hydrogens is 547 g/mol. The van der Waals surface area contributed by atoms with Crippen LogP contribution in [0.25, 0.3) is 0 Å². The number of hydrogen-bond acceptors (Lipinski definition) is 5. The molecule has 0 spiro atoms. The highest BCUT2D eigenvalue weighted by Gasteiger charge is 2.48. The van der Waals surface area contributed by atoms with Crippen molar-refractivity contribution in [1.82, 2.24) is 14.9 Å². The molecule has 2 aliphatic rings. The van der Waals surface area contributed by atoms with Crippen LogP contribution < -0.4 is 10.3 Å². The predicted molar refractivity (Wildman–Crippen MR) is 148 cm³/mol. The number of fused-ring (bicyclic) bond motifs is 1. The van der Waals surface area contributed by atoms with Crippen LogP contribution in [-0.4, -0.2) is 32.4 Å². The van der Waals surface area contributed by atoms with E-state index in [-0.39, 0.29) is 34.6 Å². The van der Waals surface area contributed by atoms with Crippen molar-refractivity contribution in [2.24, 2.45) is 0 Å². The fourth-order valence-electron chi connectivity index (χ4n) is 5.52. The molecule has 0 bridgehead atoms. The second-order valence-electron chi connectivity index (χ2n) is 10.8. The third kappa shape index (κ3) is 5.42. The normalized spacial score (nSPS) is 16.7. The van der Waals surface area contributed by atoms with Gasteiger partial charge in [-0.3, -0.25) is 9.59 Å². The Balaban J connectivity index is 1.20. The number of hydrogen-bond donors (Lipinski definition) is 2. The number of aryl methyl sites for hydroxylation is 1. The Labute approximate surface area is 239 Å². The Morgan fingerprint density at radius 1 is 1.00 bits per heavy atom. The first-order valence-electron chi connectivity index (χ1n) is 13.7. The molecule has 4 aromatic rings. The van der Waals surface area contributed by atoms with Gasteiger partial charge < -0.3 is 19.7 Å². The molecule has 1 atom stereocenters. The minimum absolute atomic E-state index is 0.00655. The van der Waals surface area contributed by atoms with E-state index >= 15 is 0 Å². The summed E-state index contributed by atoms with van der Waals surface area (Å²) in [5.41, 5.74) is 0.962. The highest BCUT2D eigenvalue weighted by atomic mass is 19.4. The smallest absolute Gasteiger partial charge is 0.416 e. The van der Waals surface area contributed by atoms with Gasteiger partial charge in [0.25, 0.3) is 11.5 Å². The molecule has 1 aliphatic heterocycles. The first-order valence-corrected chi connectivity index (χ1v) is 13.7. The van der Waals surface area contributed by atoms with Crippen LogP contribution in [0.4, 0.5) is 13.2 Å². The molecule has 2 N–H and O–H groups in total. The minimum atomic E-state index is -4.52. The number of rotatable bonds is 6. The minimum Gasteiger partial charge on any atom is -0.457 e. The Kier molecular flexibility index (Phi) is 7.10. The fourth-order valence-corrected chi connectivity index (χ4v) is 5.52. The van der Waals surface area contributed by atoms with Crippen LogP contribution in [-0.2, 0) is 29.4 Å². The van der Waals surface area contributed by atoms with Gasteiger partial charge in [0.15, 0.2) is 6.10 Å². The van der Waals surface area contributed by atoms with Gasteiger partial charge in [0.2, 0.25) is 0 Å². The molecule has 1 unspecified atom stereocenters. The number of nitrogens with one attached hydrogen (secondary N) is 1. The lowest BCUT2D eigenvalue weighted by atomic mass is 9.94. The molecule has 1 saturated carbocycles. The van der Waals surface area contributed by atoms with Crippen molar-refractivity contribution in [2.45, 2.75) is 49.9 Å². The monoisotopic (exact) mass is 575 g/mol. The molecule has 0 saturated heterocycles. The fraction of sp³-hybridized carbons (Fsp3) is 0.281. The highest BCUT2D eigenvalue weighted by molar-refractivity contribution is 5.82. The Morgan fingerprint density at radius 2 is 1.71 bits per heavy atom. The van der Waals surface area contributed by atoms with Crippen LogP contribution in [0.3, 0.4) is 0 Å². The molecule has 7 nitrogen and oxygen atoms in total. The largest absolute Gasteiger partial charge is 0.457 e. The van der Waals surface area contributed by atoms with Gasteiger partial charge in [0.05, 0.1) is 28.8 Å². The van der Waals surface area contributed by atoms with Crippen LogP contribution in [0.2, 0.25) is 0 Å². The van der Waals surface area contributed by atoms with E-state index in [9.17, 15) is 27.9 Å². The lowest BCUT2D eigenvalue weighted by molar-refractivity contribution is -0.141. The van der Waals surface area contributed by atoms with Gasteiger partial charge in [0, 0.05) is 6.54 Å². The third-order valence-electron chi connectivity index (χ3n) is 7.94. The van der Waals surface area contributed by atoms with Crippen LogP contribution in [0.5, 0.6) is 11.5 Å². The lowest BCUT2D eigenvalue weighted by Gasteiger charge is -2.24. The topological polar surface area (TPSA) is 95.5 Å². The van der Waals surface area contributed by atoms with Crippen molar-refractivity contribution in [2.75, 3.05) is 6.54 Å². The summed E-state index contributed by atoms with van der Waals surface area (Å²) in [6, 6.07) is 20.4. The van der Waals surface area contributed by atoms with E-state index in [1.165, 1.54) is 35.2 Å². The maximum absolute atomic E-state index is 13.4. The van der Waals surface area contributed by atoms with Crippen LogP contribution in [0.15, 0.2) is 83.7 Å². The molecular formula is C32H28F3N3O4. The number of H-pyrrole nitrogens is 1. The van der Waals surface area contributed by atoms with Crippen LogP contribution >= 0.6 is 0 Å². The van der Waals surface area contributed by atoms with Gasteiger partial charge in [-0.05, 0) is 67.1 Å². The van der Waals surface area contributed by atoms with Crippen molar-refractivity contribution in [3.05, 3.63) is 123 Å². The summed E-state index contributed by atoms with van der Waals surface area (Å²) in [5, 5.41) is 11.0. The molecule has 10 heteroatoms. The quantitative estimate of drug-likeness (QED) is 0.309. The van der Waals surface area contributed by atoms with E-state index in [4.69, 9.17) is 9.72 Å². The molecule has 216 valence electrons. The van der Waals surface area contributed by atoms with Gasteiger partial charge >= 0.3 is 6.18 Å². The van der Waals surface area contributed by atoms with Crippen LogP contribution in [0, 0.1) is 0 Å². The van der Waals surface area contributed by atoms with E-state index < -0.39 is 23.8 Å². The maximum atomic E-state index is 13.4. The van der Waals surface area contributed by atoms with Crippen molar-refractivity contribution in [1.29, 1.82) is 0 Å². The lowest BCUT2D eigenvalue weighted by Crippen LogP contribution is -2.36. The molecule has 6 rings (SSSR count). The third-order valence-corrected chi connectivity index (χ3v) is 7.94. The number of aliphatic hydroxyl groups is 1. The number of aromatic nitrogens is 2. The van der Waals surface area contributed by atoms with Gasteiger partial charge in [-0.1, -0.05) is 48.5 Å². The number of benzene rings is 3. The first kappa shape index (κ1) is 27.7. The molecule has 2 heterocycles. The van der Waals surface area contributed by atoms with E-state index in [1.54, 1.807) is 6.07 Å². The van der Waals surface area contributed by atoms with E-state index in [1.807, 2.05) is 30.3 Å². The number of carbonyl (C=O) groups excluding carboxylic acids is 1. The zero-order chi connectivity index (χ0) is 29.5. The van der Waals surface area contributed by atoms with Crippen molar-refractivity contribution < 1.29 is 27.8 Å². The average Bonchev–Trinajstić information content (AvgIpc) is 3.81. The highest BCUT2D eigenvalue weighted by Crippen LogP contribution is 2.52. The van der Waals surface area contributed by atoms with Crippen molar-refractivity contribution in [3.8, 4) is 11.5 Å². The summed E-state index contributed by atoms with van der Waals surface area (Å²) in [5.74, 6) is 0.194. The number of ether oxygens (including phenoxy) is 1. The van der Waals surface area contributed by atoms with E-state index in [2.05, 4.69) is 4.98 Å². The zero-order valence-corrected chi connectivity index (χ0v) is 22.5. The molecule has 1 aromatic heterocycles. The number of halogens is 3. The molecule has 0 radical (unpaired) electrons. The Morgan fingerprint density at radius 3 is 2.43 bits per heavy atom. The molecule has 1 fully saturated rings. The molecule has 1 aliphatic carbocycles. The summed E-state index contributed by atoms with van der Waals surface area (Å²) in [6.45, 7) is 0.331. The number of carbonyl (C=O) groups is 1. The second-order valence-corrected chi connectivity index (χ2v) is 10.8. The number of aliphatic hydroxyl groups excluding tert-OH is 1. The summed E-state index contributed by atoms with van der Waals surface area (Å²) < 4.78 is 44.8. The summed E-state index contributed by atoms with van der Waals surface area (Å²) >= 11 is 0. The van der Waals surface area contributed by atoms with Gasteiger partial charge in [-0.2, -0.15) is 13.2 Å². The summed E-state index contributed by atoms with van der Waals surface area (Å²) in [4.78, 5) is 36.0. The molecule has 42 heavy (non-hydrogen) atoms.